The molecule has 0 heterocycles. The second kappa shape index (κ2) is 9.32. The van der Waals surface area contributed by atoms with Crippen LogP contribution in [0, 0.1) is 0 Å². The Hall–Kier alpha value is -2.86. The quantitative estimate of drug-likeness (QED) is 0.649. The van der Waals surface area contributed by atoms with Crippen LogP contribution in [0.5, 0.6) is 0 Å². The third-order valence-electron chi connectivity index (χ3n) is 3.25. The molecule has 2 aromatic carbocycles. The molecule has 24 heavy (non-hydrogen) atoms. The molecule has 0 fully saturated rings. The molecular weight excluding hydrogens is 306 g/mol. The van der Waals surface area contributed by atoms with Crippen molar-refractivity contribution < 1.29 is 14.3 Å². The molecule has 2 amide bonds. The van der Waals surface area contributed by atoms with E-state index in [1.54, 1.807) is 31.4 Å². The number of anilines is 2. The van der Waals surface area contributed by atoms with E-state index in [2.05, 4.69) is 16.0 Å². The fourth-order valence-corrected chi connectivity index (χ4v) is 2.02. The molecule has 126 valence electrons. The number of carbonyl (C=O) groups excluding carboxylic acids is 2. The molecule has 0 unspecified atom stereocenters. The van der Waals surface area contributed by atoms with Crippen molar-refractivity contribution in [1.29, 1.82) is 0 Å². The van der Waals surface area contributed by atoms with Gasteiger partial charge in [-0.3, -0.25) is 9.59 Å². The molecule has 0 aliphatic carbocycles. The highest BCUT2D eigenvalue weighted by molar-refractivity contribution is 5.96. The van der Waals surface area contributed by atoms with Gasteiger partial charge in [0, 0.05) is 30.6 Å². The molecule has 6 nitrogen and oxygen atoms in total. The van der Waals surface area contributed by atoms with Gasteiger partial charge in [0.2, 0.25) is 5.91 Å². The fourth-order valence-electron chi connectivity index (χ4n) is 2.02. The van der Waals surface area contributed by atoms with E-state index in [9.17, 15) is 9.59 Å². The van der Waals surface area contributed by atoms with Crippen molar-refractivity contribution in [3.05, 3.63) is 60.2 Å². The van der Waals surface area contributed by atoms with E-state index in [0.29, 0.717) is 24.4 Å². The third-order valence-corrected chi connectivity index (χ3v) is 3.25. The summed E-state index contributed by atoms with van der Waals surface area (Å²) in [5.74, 6) is -0.327. The van der Waals surface area contributed by atoms with E-state index in [0.717, 1.165) is 5.69 Å². The minimum atomic E-state index is -0.171. The summed E-state index contributed by atoms with van der Waals surface area (Å²) in [5.41, 5.74) is 2.06. The van der Waals surface area contributed by atoms with Crippen molar-refractivity contribution in [3.63, 3.8) is 0 Å². The van der Waals surface area contributed by atoms with Crippen LogP contribution in [0.3, 0.4) is 0 Å². The number of hydrogen-bond donors (Lipinski definition) is 3. The number of carbonyl (C=O) groups is 2. The summed E-state index contributed by atoms with van der Waals surface area (Å²) in [4.78, 5) is 23.8. The molecule has 3 N–H and O–H groups in total. The third kappa shape index (κ3) is 5.73. The van der Waals surface area contributed by atoms with Gasteiger partial charge in [0.05, 0.1) is 13.2 Å². The molecule has 0 aliphatic rings. The van der Waals surface area contributed by atoms with Crippen LogP contribution < -0.4 is 16.0 Å². The first-order chi connectivity index (χ1) is 11.7. The monoisotopic (exact) mass is 327 g/mol. The average Bonchev–Trinajstić information content (AvgIpc) is 2.61. The lowest BCUT2D eigenvalue weighted by molar-refractivity contribution is -0.114. The van der Waals surface area contributed by atoms with Crippen molar-refractivity contribution in [2.75, 3.05) is 37.4 Å². The van der Waals surface area contributed by atoms with Crippen LogP contribution in [-0.2, 0) is 9.53 Å². The van der Waals surface area contributed by atoms with E-state index in [1.165, 1.54) is 0 Å². The van der Waals surface area contributed by atoms with Gasteiger partial charge >= 0.3 is 0 Å². The largest absolute Gasteiger partial charge is 0.383 e. The number of methoxy groups -OCH3 is 1. The summed E-state index contributed by atoms with van der Waals surface area (Å²) < 4.78 is 4.88. The van der Waals surface area contributed by atoms with Crippen LogP contribution in [0.4, 0.5) is 11.4 Å². The summed E-state index contributed by atoms with van der Waals surface area (Å²) in [6.07, 6.45) is 0. The fraction of sp³-hybridized carbons (Fsp3) is 0.222. The summed E-state index contributed by atoms with van der Waals surface area (Å²) in [5, 5.41) is 8.55. The Kier molecular flexibility index (Phi) is 6.79. The molecule has 0 saturated carbocycles. The van der Waals surface area contributed by atoms with Crippen LogP contribution >= 0.6 is 0 Å². The molecule has 0 radical (unpaired) electrons. The molecule has 2 aromatic rings. The molecule has 2 rings (SSSR count). The van der Waals surface area contributed by atoms with Gasteiger partial charge in [0.15, 0.2) is 0 Å². The van der Waals surface area contributed by atoms with Crippen LogP contribution in [-0.4, -0.2) is 38.6 Å². The smallest absolute Gasteiger partial charge is 0.251 e. The lowest BCUT2D eigenvalue weighted by Gasteiger charge is -2.09. The highest BCUT2D eigenvalue weighted by Crippen LogP contribution is 2.10. The van der Waals surface area contributed by atoms with E-state index in [-0.39, 0.29) is 18.4 Å². The second-order valence-electron chi connectivity index (χ2n) is 5.09. The summed E-state index contributed by atoms with van der Waals surface area (Å²) in [6, 6.07) is 16.2. The number of benzene rings is 2. The SMILES string of the molecule is COCCNC(=O)c1ccc(NC(=O)CNc2ccccc2)cc1. The van der Waals surface area contributed by atoms with Crippen molar-refractivity contribution in [1.82, 2.24) is 5.32 Å². The van der Waals surface area contributed by atoms with Gasteiger partial charge in [0.25, 0.3) is 5.91 Å². The van der Waals surface area contributed by atoms with Gasteiger partial charge in [0.1, 0.15) is 0 Å². The Balaban J connectivity index is 1.80. The standard InChI is InChI=1S/C18H21N3O3/c1-24-12-11-19-18(23)14-7-9-16(10-8-14)21-17(22)13-20-15-5-3-2-4-6-15/h2-10,20H,11-13H2,1H3,(H,19,23)(H,21,22). The predicted molar refractivity (Wildman–Crippen MR) is 94.2 cm³/mol. The number of nitrogens with one attached hydrogen (secondary N) is 3. The van der Waals surface area contributed by atoms with E-state index in [4.69, 9.17) is 4.74 Å². The maximum Gasteiger partial charge on any atom is 0.251 e. The maximum absolute atomic E-state index is 11.9. The Bertz CT molecular complexity index is 657. The lowest BCUT2D eigenvalue weighted by atomic mass is 10.2. The molecule has 0 bridgehead atoms. The Morgan fingerprint density at radius 3 is 2.33 bits per heavy atom. The Morgan fingerprint density at radius 2 is 1.67 bits per heavy atom. The molecule has 0 atom stereocenters. The predicted octanol–water partition coefficient (Wildman–Crippen LogP) is 2.11. The Labute approximate surface area is 141 Å². The minimum absolute atomic E-state index is 0.156. The topological polar surface area (TPSA) is 79.5 Å². The van der Waals surface area contributed by atoms with Crippen LogP contribution in [0.15, 0.2) is 54.6 Å². The molecular formula is C18H21N3O3. The molecule has 6 heteroatoms. The summed E-state index contributed by atoms with van der Waals surface area (Å²) >= 11 is 0. The van der Waals surface area contributed by atoms with Crippen LogP contribution in [0.1, 0.15) is 10.4 Å². The van der Waals surface area contributed by atoms with Crippen LogP contribution in [0.25, 0.3) is 0 Å². The zero-order chi connectivity index (χ0) is 17.2. The van der Waals surface area contributed by atoms with E-state index >= 15 is 0 Å². The Morgan fingerprint density at radius 1 is 0.958 bits per heavy atom. The van der Waals surface area contributed by atoms with E-state index < -0.39 is 0 Å². The second-order valence-corrected chi connectivity index (χ2v) is 5.09. The van der Waals surface area contributed by atoms with Crippen molar-refractivity contribution in [3.8, 4) is 0 Å². The van der Waals surface area contributed by atoms with Gasteiger partial charge in [-0.25, -0.2) is 0 Å². The molecule has 0 spiro atoms. The van der Waals surface area contributed by atoms with Gasteiger partial charge in [-0.1, -0.05) is 18.2 Å². The van der Waals surface area contributed by atoms with Gasteiger partial charge in [-0.15, -0.1) is 0 Å². The maximum atomic E-state index is 11.9. The average molecular weight is 327 g/mol. The molecule has 0 aromatic heterocycles. The number of hydrogen-bond acceptors (Lipinski definition) is 4. The van der Waals surface area contributed by atoms with Crippen molar-refractivity contribution >= 4 is 23.2 Å². The first kappa shape index (κ1) is 17.5. The van der Waals surface area contributed by atoms with Crippen molar-refractivity contribution in [2.45, 2.75) is 0 Å². The highest BCUT2D eigenvalue weighted by atomic mass is 16.5. The lowest BCUT2D eigenvalue weighted by Crippen LogP contribution is -2.27. The van der Waals surface area contributed by atoms with E-state index in [1.807, 2.05) is 30.3 Å². The number of ether oxygens (including phenoxy) is 1. The number of amides is 2. The first-order valence-corrected chi connectivity index (χ1v) is 7.65. The number of rotatable bonds is 8. The first-order valence-electron chi connectivity index (χ1n) is 7.65. The van der Waals surface area contributed by atoms with Gasteiger partial charge in [-0.2, -0.15) is 0 Å². The molecule has 0 aliphatic heterocycles. The van der Waals surface area contributed by atoms with Crippen molar-refractivity contribution in [2.24, 2.45) is 0 Å². The highest BCUT2D eigenvalue weighted by Gasteiger charge is 2.06. The minimum Gasteiger partial charge on any atom is -0.383 e. The zero-order valence-electron chi connectivity index (χ0n) is 13.5. The molecule has 0 saturated heterocycles. The summed E-state index contributed by atoms with van der Waals surface area (Å²) in [6.45, 7) is 1.09. The summed E-state index contributed by atoms with van der Waals surface area (Å²) in [7, 11) is 1.58. The zero-order valence-corrected chi connectivity index (χ0v) is 13.5. The number of para-hydroxylation sites is 1. The normalized spacial score (nSPS) is 10.0. The van der Waals surface area contributed by atoms with Gasteiger partial charge in [-0.05, 0) is 36.4 Å². The van der Waals surface area contributed by atoms with Gasteiger partial charge < -0.3 is 20.7 Å². The van der Waals surface area contributed by atoms with Crippen LogP contribution in [0.2, 0.25) is 0 Å².